The van der Waals surface area contributed by atoms with Crippen molar-refractivity contribution in [2.24, 2.45) is 29.6 Å². The molecule has 178 valence electrons. The van der Waals surface area contributed by atoms with Gasteiger partial charge in [-0.2, -0.15) is 0 Å². The lowest BCUT2D eigenvalue weighted by molar-refractivity contribution is -0.139. The van der Waals surface area contributed by atoms with Gasteiger partial charge in [-0.1, -0.05) is 29.8 Å². The Labute approximate surface area is 203 Å². The number of aryl methyl sites for hydroxylation is 2. The monoisotopic (exact) mass is 470 g/mol. The van der Waals surface area contributed by atoms with Crippen LogP contribution in [0.5, 0.6) is 5.75 Å². The molecule has 6 rings (SSSR count). The summed E-state index contributed by atoms with van der Waals surface area (Å²) in [5.74, 6) is -1.28. The molecule has 5 atom stereocenters. The minimum atomic E-state index is -0.562. The summed E-state index contributed by atoms with van der Waals surface area (Å²) in [7, 11) is 0. The van der Waals surface area contributed by atoms with Crippen molar-refractivity contribution in [2.45, 2.75) is 26.7 Å². The van der Waals surface area contributed by atoms with Crippen molar-refractivity contribution in [3.05, 3.63) is 65.7 Å². The van der Waals surface area contributed by atoms with E-state index >= 15 is 0 Å². The normalized spacial score (nSPS) is 28.9. The zero-order valence-corrected chi connectivity index (χ0v) is 19.6. The minimum Gasteiger partial charge on any atom is -0.426 e. The highest BCUT2D eigenvalue weighted by molar-refractivity contribution is 6.23. The first kappa shape index (κ1) is 21.8. The number of imide groups is 1. The SMILES string of the molecule is Cc1ccc(N2C[C@H](C(=O)Oc3ccc(N4C(=O)[C@@H]5[C@H](C4=O)[C@@H]4C=C[C@H]5C4)c(C)c3)CC2=O)cc1. The van der Waals surface area contributed by atoms with E-state index in [1.165, 1.54) is 4.90 Å². The third-order valence-electron chi connectivity index (χ3n) is 7.90. The van der Waals surface area contributed by atoms with Crippen LogP contribution in [0, 0.1) is 43.4 Å². The Bertz CT molecular complexity index is 1270. The zero-order chi connectivity index (χ0) is 24.4. The maximum Gasteiger partial charge on any atom is 0.316 e. The van der Waals surface area contributed by atoms with Crippen LogP contribution in [-0.2, 0) is 19.2 Å². The number of carbonyl (C=O) groups is 4. The van der Waals surface area contributed by atoms with Crippen molar-refractivity contribution in [1.29, 1.82) is 0 Å². The van der Waals surface area contributed by atoms with Gasteiger partial charge in [-0.25, -0.2) is 4.90 Å². The summed E-state index contributed by atoms with van der Waals surface area (Å²) in [6.45, 7) is 4.05. The number of esters is 1. The van der Waals surface area contributed by atoms with E-state index in [-0.39, 0.29) is 54.4 Å². The number of anilines is 2. The van der Waals surface area contributed by atoms with E-state index in [0.717, 1.165) is 17.7 Å². The third-order valence-corrected chi connectivity index (χ3v) is 7.90. The van der Waals surface area contributed by atoms with Crippen molar-refractivity contribution < 1.29 is 23.9 Å². The Morgan fingerprint density at radius 2 is 1.57 bits per heavy atom. The molecular formula is C28H26N2O5. The van der Waals surface area contributed by atoms with Gasteiger partial charge in [-0.05, 0) is 68.0 Å². The van der Waals surface area contributed by atoms with Gasteiger partial charge in [0, 0.05) is 18.7 Å². The molecule has 0 unspecified atom stereocenters. The fraction of sp³-hybridized carbons (Fsp3) is 0.357. The largest absolute Gasteiger partial charge is 0.426 e. The van der Waals surface area contributed by atoms with Crippen LogP contribution in [0.15, 0.2) is 54.6 Å². The number of nitrogens with zero attached hydrogens (tertiary/aromatic N) is 2. The van der Waals surface area contributed by atoms with Crippen molar-refractivity contribution in [3.63, 3.8) is 0 Å². The lowest BCUT2D eigenvalue weighted by Gasteiger charge is -2.20. The van der Waals surface area contributed by atoms with E-state index < -0.39 is 11.9 Å². The number of hydrogen-bond acceptors (Lipinski definition) is 5. The Balaban J connectivity index is 1.15. The predicted molar refractivity (Wildman–Crippen MR) is 129 cm³/mol. The third kappa shape index (κ3) is 3.40. The number of amides is 3. The van der Waals surface area contributed by atoms with E-state index in [0.29, 0.717) is 17.0 Å². The van der Waals surface area contributed by atoms with Gasteiger partial charge in [-0.15, -0.1) is 0 Å². The average molecular weight is 471 g/mol. The number of ether oxygens (including phenoxy) is 1. The molecule has 35 heavy (non-hydrogen) atoms. The van der Waals surface area contributed by atoms with Crippen molar-refractivity contribution in [2.75, 3.05) is 16.3 Å². The number of carbonyl (C=O) groups excluding carboxylic acids is 4. The first-order chi connectivity index (χ1) is 16.8. The summed E-state index contributed by atoms with van der Waals surface area (Å²) in [6, 6.07) is 12.6. The Morgan fingerprint density at radius 1 is 0.914 bits per heavy atom. The molecule has 2 saturated heterocycles. The maximum atomic E-state index is 13.1. The standard InChI is InChI=1S/C28H26N2O5/c1-15-3-7-20(8-4-15)29-14-19(13-23(29)31)28(34)35-21-9-10-22(16(2)11-21)30-26(32)24-17-5-6-18(12-17)25(24)27(30)33/h3-11,17-19,24-25H,12-14H2,1-2H3/t17-,18+,19-,24-,25+/m1/s1. The second kappa shape index (κ2) is 7.90. The topological polar surface area (TPSA) is 84.0 Å². The highest BCUT2D eigenvalue weighted by atomic mass is 16.5. The summed E-state index contributed by atoms with van der Waals surface area (Å²) >= 11 is 0. The summed E-state index contributed by atoms with van der Waals surface area (Å²) in [6.07, 6.45) is 5.13. The highest BCUT2D eigenvalue weighted by Crippen LogP contribution is 2.53. The molecule has 0 N–H and O–H groups in total. The van der Waals surface area contributed by atoms with Crippen LogP contribution >= 0.6 is 0 Å². The van der Waals surface area contributed by atoms with Gasteiger partial charge < -0.3 is 9.64 Å². The van der Waals surface area contributed by atoms with Gasteiger partial charge >= 0.3 is 5.97 Å². The molecule has 2 aliphatic carbocycles. The van der Waals surface area contributed by atoms with Crippen molar-refractivity contribution >= 4 is 35.1 Å². The minimum absolute atomic E-state index is 0.0969. The Hall–Kier alpha value is -3.74. The van der Waals surface area contributed by atoms with Gasteiger partial charge in [0.1, 0.15) is 5.75 Å². The molecule has 2 aliphatic heterocycles. The van der Waals surface area contributed by atoms with E-state index in [4.69, 9.17) is 4.74 Å². The molecule has 3 fully saturated rings. The van der Waals surface area contributed by atoms with Crippen LogP contribution in [0.2, 0.25) is 0 Å². The first-order valence-corrected chi connectivity index (χ1v) is 12.1. The number of rotatable bonds is 4. The van der Waals surface area contributed by atoms with E-state index in [2.05, 4.69) is 12.2 Å². The molecule has 0 radical (unpaired) electrons. The van der Waals surface area contributed by atoms with Gasteiger partial charge in [0.2, 0.25) is 17.7 Å². The van der Waals surface area contributed by atoms with Crippen LogP contribution < -0.4 is 14.5 Å². The number of allylic oxidation sites excluding steroid dienone is 2. The van der Waals surface area contributed by atoms with Crippen molar-refractivity contribution in [1.82, 2.24) is 0 Å². The van der Waals surface area contributed by atoms with E-state index in [1.807, 2.05) is 31.2 Å². The quantitative estimate of drug-likeness (QED) is 0.295. The number of fused-ring (bicyclic) bond motifs is 5. The zero-order valence-electron chi connectivity index (χ0n) is 19.6. The molecule has 1 saturated carbocycles. The molecule has 2 heterocycles. The molecule has 2 bridgehead atoms. The Kier molecular flexibility index (Phi) is 4.91. The summed E-state index contributed by atoms with van der Waals surface area (Å²) in [5, 5.41) is 0. The second-order valence-corrected chi connectivity index (χ2v) is 10.1. The van der Waals surface area contributed by atoms with Crippen LogP contribution in [0.1, 0.15) is 24.0 Å². The summed E-state index contributed by atoms with van der Waals surface area (Å²) in [5.41, 5.74) is 3.08. The lowest BCUT2D eigenvalue weighted by Crippen LogP contribution is -2.33. The van der Waals surface area contributed by atoms with Crippen LogP contribution in [-0.4, -0.2) is 30.2 Å². The molecular weight excluding hydrogens is 444 g/mol. The molecule has 7 nitrogen and oxygen atoms in total. The molecule has 3 amide bonds. The fourth-order valence-corrected chi connectivity index (χ4v) is 6.12. The molecule has 4 aliphatic rings. The van der Waals surface area contributed by atoms with Gasteiger partial charge in [-0.3, -0.25) is 19.2 Å². The van der Waals surface area contributed by atoms with Crippen LogP contribution in [0.25, 0.3) is 0 Å². The molecule has 2 aromatic rings. The summed E-state index contributed by atoms with van der Waals surface area (Å²) < 4.78 is 5.60. The van der Waals surface area contributed by atoms with E-state index in [9.17, 15) is 19.2 Å². The average Bonchev–Trinajstić information content (AvgIpc) is 3.59. The molecule has 0 spiro atoms. The molecule has 0 aromatic heterocycles. The Morgan fingerprint density at radius 3 is 2.20 bits per heavy atom. The van der Waals surface area contributed by atoms with Gasteiger partial charge in [0.05, 0.1) is 23.4 Å². The molecule has 7 heteroatoms. The van der Waals surface area contributed by atoms with Crippen molar-refractivity contribution in [3.8, 4) is 5.75 Å². The second-order valence-electron chi connectivity index (χ2n) is 10.1. The molecule has 2 aromatic carbocycles. The highest BCUT2D eigenvalue weighted by Gasteiger charge is 2.59. The number of benzene rings is 2. The smallest absolute Gasteiger partial charge is 0.316 e. The van der Waals surface area contributed by atoms with Crippen LogP contribution in [0.3, 0.4) is 0 Å². The summed E-state index contributed by atoms with van der Waals surface area (Å²) in [4.78, 5) is 54.5. The van der Waals surface area contributed by atoms with Gasteiger partial charge in [0.25, 0.3) is 0 Å². The predicted octanol–water partition coefficient (Wildman–Crippen LogP) is 3.57. The fourth-order valence-electron chi connectivity index (χ4n) is 6.12. The number of hydrogen-bond donors (Lipinski definition) is 0. The van der Waals surface area contributed by atoms with Gasteiger partial charge in [0.15, 0.2) is 0 Å². The maximum absolute atomic E-state index is 13.1. The lowest BCUT2D eigenvalue weighted by atomic mass is 9.85. The first-order valence-electron chi connectivity index (χ1n) is 12.1. The van der Waals surface area contributed by atoms with Crippen LogP contribution in [0.4, 0.5) is 11.4 Å². The van der Waals surface area contributed by atoms with E-state index in [1.54, 1.807) is 30.0 Å².